The Morgan fingerprint density at radius 1 is 1.17 bits per heavy atom. The number of carbonyl (C=O) groups excluding carboxylic acids is 1. The van der Waals surface area contributed by atoms with Crippen LogP contribution in [0.1, 0.15) is 91.4 Å². The molecule has 4 rings (SSSR count). The summed E-state index contributed by atoms with van der Waals surface area (Å²) in [6.07, 6.45) is 11.3. The van der Waals surface area contributed by atoms with Gasteiger partial charge in [0.25, 0.3) is 0 Å². The van der Waals surface area contributed by atoms with E-state index in [-0.39, 0.29) is 17.3 Å². The average Bonchev–Trinajstić information content (AvgIpc) is 2.93. The number of ketones is 1. The molecule has 4 aliphatic carbocycles. The van der Waals surface area contributed by atoms with Gasteiger partial charge in [0.1, 0.15) is 0 Å². The van der Waals surface area contributed by atoms with Crippen molar-refractivity contribution >= 4 is 11.8 Å². The van der Waals surface area contributed by atoms with E-state index in [0.717, 1.165) is 44.9 Å². The zero-order valence-electron chi connectivity index (χ0n) is 18.4. The summed E-state index contributed by atoms with van der Waals surface area (Å²) in [5, 5.41) is 20.8. The largest absolute Gasteiger partial charge is 0.481 e. The predicted molar refractivity (Wildman–Crippen MR) is 112 cm³/mol. The molecule has 0 bridgehead atoms. The predicted octanol–water partition coefficient (Wildman–Crippen LogP) is 5.14. The van der Waals surface area contributed by atoms with Gasteiger partial charge in [0, 0.05) is 12.8 Å². The lowest BCUT2D eigenvalue weighted by Gasteiger charge is -2.61. The molecule has 3 fully saturated rings. The smallest absolute Gasteiger partial charge is 0.303 e. The molecule has 0 aliphatic heterocycles. The molecular formula is C25H38O4. The third-order valence-electron chi connectivity index (χ3n) is 9.87. The van der Waals surface area contributed by atoms with Crippen LogP contribution in [0.4, 0.5) is 0 Å². The number of aliphatic hydroxyl groups is 1. The summed E-state index contributed by atoms with van der Waals surface area (Å²) >= 11 is 0. The Bertz CT molecular complexity index is 726. The fourth-order valence-corrected chi connectivity index (χ4v) is 8.21. The van der Waals surface area contributed by atoms with Crippen molar-refractivity contribution in [3.8, 4) is 0 Å². The van der Waals surface area contributed by atoms with Crippen molar-refractivity contribution in [2.75, 3.05) is 0 Å². The first-order valence-electron chi connectivity index (χ1n) is 11.8. The van der Waals surface area contributed by atoms with Crippen LogP contribution in [-0.2, 0) is 9.59 Å². The lowest BCUT2D eigenvalue weighted by molar-refractivity contribution is -0.152. The van der Waals surface area contributed by atoms with E-state index in [4.69, 9.17) is 0 Å². The molecule has 0 spiro atoms. The van der Waals surface area contributed by atoms with E-state index in [1.54, 1.807) is 0 Å². The molecule has 0 amide bonds. The van der Waals surface area contributed by atoms with Gasteiger partial charge >= 0.3 is 5.97 Å². The first kappa shape index (κ1) is 21.1. The molecule has 162 valence electrons. The van der Waals surface area contributed by atoms with Crippen LogP contribution in [0.5, 0.6) is 0 Å². The minimum Gasteiger partial charge on any atom is -0.481 e. The molecule has 29 heavy (non-hydrogen) atoms. The zero-order valence-corrected chi connectivity index (χ0v) is 18.4. The second kappa shape index (κ2) is 7.21. The van der Waals surface area contributed by atoms with Gasteiger partial charge in [0.05, 0.1) is 5.60 Å². The van der Waals surface area contributed by atoms with Gasteiger partial charge in [-0.05, 0) is 85.5 Å². The summed E-state index contributed by atoms with van der Waals surface area (Å²) in [7, 11) is 0. The van der Waals surface area contributed by atoms with Gasteiger partial charge in [-0.2, -0.15) is 0 Å². The highest BCUT2D eigenvalue weighted by atomic mass is 16.4. The minimum atomic E-state index is -0.850. The van der Waals surface area contributed by atoms with E-state index in [1.165, 1.54) is 12.0 Å². The summed E-state index contributed by atoms with van der Waals surface area (Å²) in [6.45, 7) is 6.91. The number of aliphatic carboxylic acids is 1. The quantitative estimate of drug-likeness (QED) is 0.668. The number of fused-ring (bicyclic) bond motifs is 5. The van der Waals surface area contributed by atoms with E-state index in [9.17, 15) is 19.8 Å². The second-order valence-electron chi connectivity index (χ2n) is 11.0. The lowest BCUT2D eigenvalue weighted by Crippen LogP contribution is -2.57. The van der Waals surface area contributed by atoms with Gasteiger partial charge in [-0.25, -0.2) is 0 Å². The van der Waals surface area contributed by atoms with Crippen molar-refractivity contribution in [2.45, 2.75) is 97.0 Å². The molecule has 0 aromatic carbocycles. The average molecular weight is 403 g/mol. The first-order valence-corrected chi connectivity index (χ1v) is 11.8. The van der Waals surface area contributed by atoms with Crippen LogP contribution in [0, 0.1) is 34.5 Å². The Morgan fingerprint density at radius 2 is 1.90 bits per heavy atom. The molecule has 4 nitrogen and oxygen atoms in total. The van der Waals surface area contributed by atoms with Crippen LogP contribution in [-0.4, -0.2) is 27.6 Å². The second-order valence-corrected chi connectivity index (χ2v) is 11.0. The normalized spacial score (nSPS) is 46.5. The highest BCUT2D eigenvalue weighted by Crippen LogP contribution is 2.69. The molecule has 3 saturated carbocycles. The molecule has 0 saturated heterocycles. The number of carboxylic acids is 1. The number of allylic oxidation sites excluding steroid dienone is 1. The van der Waals surface area contributed by atoms with Gasteiger partial charge in [-0.3, -0.25) is 9.59 Å². The summed E-state index contributed by atoms with van der Waals surface area (Å²) < 4.78 is 0. The molecule has 4 aliphatic rings. The topological polar surface area (TPSA) is 74.6 Å². The van der Waals surface area contributed by atoms with Crippen LogP contribution in [0.2, 0.25) is 0 Å². The molecular weight excluding hydrogens is 364 g/mol. The van der Waals surface area contributed by atoms with Gasteiger partial charge in [-0.15, -0.1) is 0 Å². The number of hydrogen-bond acceptors (Lipinski definition) is 3. The van der Waals surface area contributed by atoms with E-state index in [1.807, 2.05) is 6.08 Å². The van der Waals surface area contributed by atoms with Crippen LogP contribution in [0.3, 0.4) is 0 Å². The van der Waals surface area contributed by atoms with Crippen molar-refractivity contribution < 1.29 is 19.8 Å². The van der Waals surface area contributed by atoms with Crippen molar-refractivity contribution in [2.24, 2.45) is 34.5 Å². The molecule has 1 unspecified atom stereocenters. The Balaban J connectivity index is 1.69. The lowest BCUT2D eigenvalue weighted by atomic mass is 9.43. The number of carboxylic acid groups (broad SMARTS) is 1. The van der Waals surface area contributed by atoms with Crippen molar-refractivity contribution in [1.82, 2.24) is 0 Å². The molecule has 7 atom stereocenters. The van der Waals surface area contributed by atoms with Gasteiger partial charge in [-0.1, -0.05) is 39.2 Å². The standard InChI is InChI=1S/C25H38O4/c1-4-5-16-14-17-15-18(26)6-10-23(17,2)19-7-11-24(3)20(22(16)19)8-12-25(24,29)13-9-21(27)28/h15-16,19-20,22,29H,4-14H2,1-3H3,(H,27,28)/t16?,19-,20+,22-,23+,24+,25-/m1/s1. The van der Waals surface area contributed by atoms with E-state index < -0.39 is 11.6 Å². The fraction of sp³-hybridized carbons (Fsp3) is 0.840. The van der Waals surface area contributed by atoms with E-state index in [2.05, 4.69) is 20.8 Å². The molecule has 2 N–H and O–H groups in total. The first-order chi connectivity index (χ1) is 13.6. The van der Waals surface area contributed by atoms with Crippen LogP contribution >= 0.6 is 0 Å². The summed E-state index contributed by atoms with van der Waals surface area (Å²) in [5.41, 5.74) is 0.497. The van der Waals surface area contributed by atoms with Crippen LogP contribution in [0.15, 0.2) is 11.6 Å². The summed E-state index contributed by atoms with van der Waals surface area (Å²) in [5.74, 6) is 1.72. The van der Waals surface area contributed by atoms with Crippen molar-refractivity contribution in [3.05, 3.63) is 11.6 Å². The highest BCUT2D eigenvalue weighted by Gasteiger charge is 2.65. The third kappa shape index (κ3) is 3.12. The Labute approximate surface area is 175 Å². The summed E-state index contributed by atoms with van der Waals surface area (Å²) in [4.78, 5) is 23.4. The van der Waals surface area contributed by atoms with E-state index >= 15 is 0 Å². The SMILES string of the molecule is CCCC1CC2=CC(=O)CC[C@]2(C)[C@@H]2CC[C@@]3(C)[C@@H](CC[C@@]3(O)CCC(=O)O)[C@H]12. The van der Waals surface area contributed by atoms with Crippen molar-refractivity contribution in [3.63, 3.8) is 0 Å². The minimum absolute atomic E-state index is 0.0536. The van der Waals surface area contributed by atoms with Crippen LogP contribution < -0.4 is 0 Å². The van der Waals surface area contributed by atoms with Gasteiger partial charge in [0.2, 0.25) is 0 Å². The van der Waals surface area contributed by atoms with Gasteiger partial charge in [0.15, 0.2) is 5.78 Å². The number of hydrogen-bond donors (Lipinski definition) is 2. The zero-order chi connectivity index (χ0) is 21.0. The summed E-state index contributed by atoms with van der Waals surface area (Å²) in [6, 6.07) is 0. The van der Waals surface area contributed by atoms with E-state index in [0.29, 0.717) is 42.3 Å². The molecule has 0 aromatic rings. The maximum atomic E-state index is 12.2. The maximum Gasteiger partial charge on any atom is 0.303 e. The monoisotopic (exact) mass is 402 g/mol. The maximum absolute atomic E-state index is 12.2. The third-order valence-corrected chi connectivity index (χ3v) is 9.87. The fourth-order valence-electron chi connectivity index (χ4n) is 8.21. The number of carbonyl (C=O) groups is 2. The van der Waals surface area contributed by atoms with Crippen LogP contribution in [0.25, 0.3) is 0 Å². The molecule has 0 radical (unpaired) electrons. The number of rotatable bonds is 5. The highest BCUT2D eigenvalue weighted by molar-refractivity contribution is 5.91. The van der Waals surface area contributed by atoms with Crippen molar-refractivity contribution in [1.29, 1.82) is 0 Å². The van der Waals surface area contributed by atoms with Gasteiger partial charge < -0.3 is 10.2 Å². The Kier molecular flexibility index (Phi) is 5.25. The molecule has 0 aromatic heterocycles. The molecule has 0 heterocycles. The Hall–Kier alpha value is -1.16. The molecule has 4 heteroatoms. The Morgan fingerprint density at radius 3 is 2.59 bits per heavy atom.